The third-order valence-electron chi connectivity index (χ3n) is 2.39. The maximum Gasteiger partial charge on any atom is 0.416 e. The number of Topliss-reactive ketones (excluding diaryl/α,β-unsaturated/α-hetero) is 1. The van der Waals surface area contributed by atoms with E-state index >= 15 is 0 Å². The minimum Gasteiger partial charge on any atom is -0.293 e. The summed E-state index contributed by atoms with van der Waals surface area (Å²) in [5.74, 6) is -0.259. The molecule has 2 rings (SSSR count). The van der Waals surface area contributed by atoms with E-state index in [-0.39, 0.29) is 18.9 Å². The first-order valence-corrected chi connectivity index (χ1v) is 4.86. The van der Waals surface area contributed by atoms with E-state index in [1.807, 2.05) is 0 Å². The van der Waals surface area contributed by atoms with Gasteiger partial charge in [0, 0.05) is 12.1 Å². The Labute approximate surface area is 94.7 Å². The highest BCUT2D eigenvalue weighted by Gasteiger charge is 2.32. The van der Waals surface area contributed by atoms with E-state index in [2.05, 4.69) is 0 Å². The van der Waals surface area contributed by atoms with Gasteiger partial charge >= 0.3 is 6.18 Å². The zero-order chi connectivity index (χ0) is 11.9. The van der Waals surface area contributed by atoms with Crippen LogP contribution in [0.3, 0.4) is 0 Å². The first-order valence-electron chi connectivity index (χ1n) is 4.52. The number of ketones is 1. The molecule has 0 atom stereocenters. The van der Waals surface area contributed by atoms with Crippen molar-refractivity contribution in [1.82, 2.24) is 4.42 Å². The van der Waals surface area contributed by atoms with E-state index in [0.717, 1.165) is 12.1 Å². The van der Waals surface area contributed by atoms with Crippen molar-refractivity contribution < 1.29 is 18.0 Å². The fraction of sp³-hybridized carbons (Fsp3) is 0.300. The van der Waals surface area contributed by atoms with Crippen molar-refractivity contribution in [3.63, 3.8) is 0 Å². The van der Waals surface area contributed by atoms with Crippen LogP contribution in [0.4, 0.5) is 13.2 Å². The Hall–Kier alpha value is -1.07. The van der Waals surface area contributed by atoms with Crippen molar-refractivity contribution in [3.05, 3.63) is 34.9 Å². The lowest BCUT2D eigenvalue weighted by molar-refractivity contribution is -0.137. The summed E-state index contributed by atoms with van der Waals surface area (Å²) in [5, 5.41) is 0. The van der Waals surface area contributed by atoms with Crippen LogP contribution in [0.25, 0.3) is 0 Å². The molecule has 0 saturated heterocycles. The molecule has 16 heavy (non-hydrogen) atoms. The summed E-state index contributed by atoms with van der Waals surface area (Å²) in [7, 11) is 0. The largest absolute Gasteiger partial charge is 0.416 e. The van der Waals surface area contributed by atoms with Crippen molar-refractivity contribution in [2.24, 2.45) is 0 Å². The average molecular weight is 250 g/mol. The Balaban J connectivity index is 2.46. The zero-order valence-corrected chi connectivity index (χ0v) is 8.77. The van der Waals surface area contributed by atoms with Gasteiger partial charge in [0.2, 0.25) is 0 Å². The second-order valence-corrected chi connectivity index (χ2v) is 4.05. The van der Waals surface area contributed by atoms with E-state index in [9.17, 15) is 18.0 Å². The molecule has 1 heterocycles. The summed E-state index contributed by atoms with van der Waals surface area (Å²) < 4.78 is 38.4. The molecule has 0 saturated carbocycles. The molecular weight excluding hydrogens is 243 g/mol. The van der Waals surface area contributed by atoms with Gasteiger partial charge < -0.3 is 0 Å². The molecule has 0 N–H and O–H groups in total. The summed E-state index contributed by atoms with van der Waals surface area (Å²) in [5.41, 5.74) is -0.114. The van der Waals surface area contributed by atoms with E-state index < -0.39 is 11.7 Å². The van der Waals surface area contributed by atoms with Gasteiger partial charge in [-0.3, -0.25) is 4.79 Å². The SMILES string of the molecule is O=C1CN(Cl)Cc2cc(C(F)(F)F)ccc21. The highest BCUT2D eigenvalue weighted by Crippen LogP contribution is 2.32. The lowest BCUT2D eigenvalue weighted by atomic mass is 9.97. The molecule has 86 valence electrons. The van der Waals surface area contributed by atoms with E-state index in [4.69, 9.17) is 11.8 Å². The first kappa shape index (κ1) is 11.4. The molecule has 0 amide bonds. The van der Waals surface area contributed by atoms with Gasteiger partial charge in [-0.1, -0.05) is 6.07 Å². The van der Waals surface area contributed by atoms with Gasteiger partial charge in [0.15, 0.2) is 5.78 Å². The van der Waals surface area contributed by atoms with Crippen LogP contribution in [0.1, 0.15) is 21.5 Å². The van der Waals surface area contributed by atoms with E-state index in [1.54, 1.807) is 0 Å². The summed E-state index contributed by atoms with van der Waals surface area (Å²) in [4.78, 5) is 11.4. The number of fused-ring (bicyclic) bond motifs is 1. The van der Waals surface area contributed by atoms with Crippen molar-refractivity contribution in [2.75, 3.05) is 6.54 Å². The molecule has 1 aromatic rings. The number of rotatable bonds is 0. The van der Waals surface area contributed by atoms with Crippen LogP contribution in [0.5, 0.6) is 0 Å². The van der Waals surface area contributed by atoms with Crippen LogP contribution in [-0.4, -0.2) is 16.7 Å². The number of carbonyl (C=O) groups excluding carboxylic acids is 1. The van der Waals surface area contributed by atoms with E-state index in [1.165, 1.54) is 10.5 Å². The Bertz CT molecular complexity index is 444. The lowest BCUT2D eigenvalue weighted by Crippen LogP contribution is -2.28. The number of halogens is 4. The smallest absolute Gasteiger partial charge is 0.293 e. The summed E-state index contributed by atoms with van der Waals surface area (Å²) in [6.45, 7) is 0.173. The predicted octanol–water partition coefficient (Wildman–Crippen LogP) is 2.86. The van der Waals surface area contributed by atoms with Gasteiger partial charge in [0.25, 0.3) is 0 Å². The highest BCUT2D eigenvalue weighted by atomic mass is 35.5. The monoisotopic (exact) mass is 249 g/mol. The topological polar surface area (TPSA) is 20.3 Å². The molecule has 0 radical (unpaired) electrons. The molecule has 1 aliphatic heterocycles. The Morgan fingerprint density at radius 2 is 1.94 bits per heavy atom. The van der Waals surface area contributed by atoms with Crippen LogP contribution in [-0.2, 0) is 12.7 Å². The Morgan fingerprint density at radius 3 is 2.56 bits per heavy atom. The van der Waals surface area contributed by atoms with Crippen LogP contribution in [0.2, 0.25) is 0 Å². The third-order valence-corrected chi connectivity index (χ3v) is 2.63. The van der Waals surface area contributed by atoms with Crippen LogP contribution >= 0.6 is 11.8 Å². The van der Waals surface area contributed by atoms with Gasteiger partial charge in [-0.05, 0) is 29.5 Å². The molecule has 1 aliphatic rings. The van der Waals surface area contributed by atoms with Crippen molar-refractivity contribution >= 4 is 17.6 Å². The zero-order valence-electron chi connectivity index (χ0n) is 8.01. The van der Waals surface area contributed by atoms with E-state index in [0.29, 0.717) is 11.1 Å². The molecular formula is C10H7ClF3NO. The molecule has 2 nitrogen and oxygen atoms in total. The average Bonchev–Trinajstić information content (AvgIpc) is 2.15. The molecule has 6 heteroatoms. The number of nitrogens with zero attached hydrogens (tertiary/aromatic N) is 1. The second kappa shape index (κ2) is 3.75. The molecule has 1 aromatic carbocycles. The minimum atomic E-state index is -4.40. The van der Waals surface area contributed by atoms with Crippen molar-refractivity contribution in [2.45, 2.75) is 12.7 Å². The number of alkyl halides is 3. The third kappa shape index (κ3) is 2.05. The Kier molecular flexibility index (Phi) is 2.67. The van der Waals surface area contributed by atoms with Gasteiger partial charge in [-0.25, -0.2) is 4.42 Å². The van der Waals surface area contributed by atoms with Gasteiger partial charge in [-0.2, -0.15) is 13.2 Å². The van der Waals surface area contributed by atoms with Crippen LogP contribution in [0, 0.1) is 0 Å². The standard InChI is InChI=1S/C10H7ClF3NO/c11-15-4-6-3-7(10(12,13)14)1-2-8(6)9(16)5-15/h1-3H,4-5H2. The second-order valence-electron chi connectivity index (χ2n) is 3.57. The van der Waals surface area contributed by atoms with Crippen molar-refractivity contribution in [1.29, 1.82) is 0 Å². The summed E-state index contributed by atoms with van der Waals surface area (Å²) in [6.07, 6.45) is -4.40. The van der Waals surface area contributed by atoms with Crippen LogP contribution < -0.4 is 0 Å². The maximum absolute atomic E-state index is 12.4. The van der Waals surface area contributed by atoms with Crippen molar-refractivity contribution in [3.8, 4) is 0 Å². The minimum absolute atomic E-state index is 0.0277. The number of hydrogen-bond donors (Lipinski definition) is 0. The lowest BCUT2D eigenvalue weighted by Gasteiger charge is -2.22. The molecule has 0 bridgehead atoms. The van der Waals surface area contributed by atoms with Gasteiger partial charge in [0.1, 0.15) is 0 Å². The molecule has 0 unspecified atom stereocenters. The first-order chi connectivity index (χ1) is 7.38. The summed E-state index contributed by atoms with van der Waals surface area (Å²) in [6, 6.07) is 3.10. The molecule has 0 fully saturated rings. The molecule has 0 aromatic heterocycles. The Morgan fingerprint density at radius 1 is 1.25 bits per heavy atom. The van der Waals surface area contributed by atoms with Gasteiger partial charge in [0.05, 0.1) is 12.1 Å². The van der Waals surface area contributed by atoms with Crippen LogP contribution in [0.15, 0.2) is 18.2 Å². The maximum atomic E-state index is 12.4. The number of carbonyl (C=O) groups is 1. The highest BCUT2D eigenvalue weighted by molar-refractivity contribution is 6.16. The quantitative estimate of drug-likeness (QED) is 0.659. The number of hydrogen-bond acceptors (Lipinski definition) is 2. The molecule has 0 spiro atoms. The summed E-state index contributed by atoms with van der Waals surface area (Å²) >= 11 is 5.64. The fourth-order valence-electron chi connectivity index (χ4n) is 1.65. The fourth-order valence-corrected chi connectivity index (χ4v) is 1.89. The van der Waals surface area contributed by atoms with Gasteiger partial charge in [-0.15, -0.1) is 0 Å². The normalized spacial score (nSPS) is 17.4. The number of benzene rings is 1. The predicted molar refractivity (Wildman–Crippen MR) is 52.0 cm³/mol. The molecule has 0 aliphatic carbocycles.